The molecule has 3 amide bonds. The SMILES string of the molecule is CNC(=O)c1cc(C(=O)NC2[C@H]3COC[C@@H]23)cc(C(C)c2cccc3c2CC(=O)N3)n1. The number of hydrogen-bond donors (Lipinski definition) is 3. The molecule has 0 bridgehead atoms. The summed E-state index contributed by atoms with van der Waals surface area (Å²) in [5.41, 5.74) is 3.90. The highest BCUT2D eigenvalue weighted by atomic mass is 16.5. The number of ether oxygens (including phenoxy) is 1. The van der Waals surface area contributed by atoms with E-state index in [0.717, 1.165) is 16.8 Å². The van der Waals surface area contributed by atoms with Crippen LogP contribution < -0.4 is 16.0 Å². The van der Waals surface area contributed by atoms with Crippen LogP contribution in [-0.4, -0.2) is 49.0 Å². The predicted octanol–water partition coefficient (Wildman–Crippen LogP) is 1.46. The molecule has 1 aromatic heterocycles. The third kappa shape index (κ3) is 3.46. The molecule has 0 radical (unpaired) electrons. The van der Waals surface area contributed by atoms with Crippen molar-refractivity contribution in [3.63, 3.8) is 0 Å². The molecule has 1 aromatic carbocycles. The lowest BCUT2D eigenvalue weighted by molar-refractivity contribution is -0.115. The van der Waals surface area contributed by atoms with Crippen molar-refractivity contribution in [2.24, 2.45) is 11.8 Å². The summed E-state index contributed by atoms with van der Waals surface area (Å²) in [7, 11) is 1.53. The second-order valence-corrected chi connectivity index (χ2v) is 8.43. The van der Waals surface area contributed by atoms with E-state index in [-0.39, 0.29) is 35.4 Å². The third-order valence-electron chi connectivity index (χ3n) is 6.55. The molecule has 8 heteroatoms. The summed E-state index contributed by atoms with van der Waals surface area (Å²) >= 11 is 0. The van der Waals surface area contributed by atoms with Crippen molar-refractivity contribution in [1.82, 2.24) is 15.6 Å². The number of hydrogen-bond acceptors (Lipinski definition) is 5. The van der Waals surface area contributed by atoms with Crippen molar-refractivity contribution < 1.29 is 19.1 Å². The molecule has 2 aliphatic heterocycles. The summed E-state index contributed by atoms with van der Waals surface area (Å²) in [6.45, 7) is 3.34. The van der Waals surface area contributed by atoms with E-state index in [1.54, 1.807) is 6.07 Å². The van der Waals surface area contributed by atoms with E-state index in [2.05, 4.69) is 20.9 Å². The molecule has 4 atom stereocenters. The second kappa shape index (κ2) is 7.46. The first-order valence-corrected chi connectivity index (χ1v) is 10.5. The summed E-state index contributed by atoms with van der Waals surface area (Å²) < 4.78 is 5.39. The average Bonchev–Trinajstić information content (AvgIpc) is 3.12. The molecule has 1 saturated heterocycles. The van der Waals surface area contributed by atoms with Crippen LogP contribution in [0.1, 0.15) is 50.5 Å². The summed E-state index contributed by atoms with van der Waals surface area (Å²) in [5, 5.41) is 8.52. The minimum atomic E-state index is -0.352. The van der Waals surface area contributed by atoms with E-state index in [1.807, 2.05) is 25.1 Å². The molecular weight excluding hydrogens is 396 g/mol. The Morgan fingerprint density at radius 1 is 1.19 bits per heavy atom. The third-order valence-corrected chi connectivity index (χ3v) is 6.55. The van der Waals surface area contributed by atoms with Crippen LogP contribution in [0.5, 0.6) is 0 Å². The zero-order chi connectivity index (χ0) is 21.7. The Morgan fingerprint density at radius 2 is 1.97 bits per heavy atom. The summed E-state index contributed by atoms with van der Waals surface area (Å²) in [4.78, 5) is 41.7. The van der Waals surface area contributed by atoms with Gasteiger partial charge in [0.25, 0.3) is 11.8 Å². The summed E-state index contributed by atoms with van der Waals surface area (Å²) in [6, 6.07) is 9.13. The monoisotopic (exact) mass is 420 g/mol. The molecule has 5 rings (SSSR count). The van der Waals surface area contributed by atoms with Crippen LogP contribution in [-0.2, 0) is 16.0 Å². The Balaban J connectivity index is 1.47. The zero-order valence-electron chi connectivity index (χ0n) is 17.4. The normalized spacial score (nSPS) is 24.1. The largest absolute Gasteiger partial charge is 0.381 e. The van der Waals surface area contributed by atoms with Crippen LogP contribution in [0.25, 0.3) is 0 Å². The number of pyridine rings is 1. The quantitative estimate of drug-likeness (QED) is 0.679. The van der Waals surface area contributed by atoms with E-state index in [0.29, 0.717) is 42.7 Å². The van der Waals surface area contributed by atoms with Crippen LogP contribution in [0.2, 0.25) is 0 Å². The van der Waals surface area contributed by atoms with Crippen LogP contribution in [0.15, 0.2) is 30.3 Å². The van der Waals surface area contributed by atoms with E-state index in [4.69, 9.17) is 4.74 Å². The fourth-order valence-corrected chi connectivity index (χ4v) is 4.68. The van der Waals surface area contributed by atoms with Crippen molar-refractivity contribution >= 4 is 23.4 Å². The topological polar surface area (TPSA) is 109 Å². The van der Waals surface area contributed by atoms with Crippen molar-refractivity contribution in [2.75, 3.05) is 25.6 Å². The van der Waals surface area contributed by atoms with Crippen LogP contribution in [0, 0.1) is 11.8 Å². The van der Waals surface area contributed by atoms with Gasteiger partial charge in [0.05, 0.1) is 19.6 Å². The first-order chi connectivity index (χ1) is 15.0. The van der Waals surface area contributed by atoms with Gasteiger partial charge in [0.15, 0.2) is 0 Å². The lowest BCUT2D eigenvalue weighted by Crippen LogP contribution is -2.30. The predicted molar refractivity (Wildman–Crippen MR) is 113 cm³/mol. The molecule has 1 saturated carbocycles. The number of amides is 3. The molecule has 2 aromatic rings. The molecule has 3 heterocycles. The van der Waals surface area contributed by atoms with E-state index in [9.17, 15) is 14.4 Å². The van der Waals surface area contributed by atoms with Gasteiger partial charge in [0.1, 0.15) is 5.69 Å². The van der Waals surface area contributed by atoms with Crippen molar-refractivity contribution in [3.8, 4) is 0 Å². The number of nitrogens with zero attached hydrogens (tertiary/aromatic N) is 1. The van der Waals surface area contributed by atoms with E-state index in [1.165, 1.54) is 13.1 Å². The lowest BCUT2D eigenvalue weighted by Gasteiger charge is -2.17. The highest BCUT2D eigenvalue weighted by Crippen LogP contribution is 2.44. The van der Waals surface area contributed by atoms with Gasteiger partial charge in [-0.25, -0.2) is 4.98 Å². The molecule has 2 unspecified atom stereocenters. The highest BCUT2D eigenvalue weighted by molar-refractivity contribution is 6.00. The van der Waals surface area contributed by atoms with Gasteiger partial charge in [-0.1, -0.05) is 19.1 Å². The van der Waals surface area contributed by atoms with Crippen molar-refractivity contribution in [1.29, 1.82) is 0 Å². The number of nitrogens with one attached hydrogen (secondary N) is 3. The van der Waals surface area contributed by atoms with Gasteiger partial charge >= 0.3 is 0 Å². The minimum absolute atomic E-state index is 0.0410. The molecule has 0 spiro atoms. The van der Waals surface area contributed by atoms with E-state index >= 15 is 0 Å². The Kier molecular flexibility index (Phi) is 4.74. The molecule has 3 N–H and O–H groups in total. The number of rotatable bonds is 5. The molecule has 2 fully saturated rings. The molecular formula is C23H24N4O4. The second-order valence-electron chi connectivity index (χ2n) is 8.43. The van der Waals surface area contributed by atoms with Crippen LogP contribution >= 0.6 is 0 Å². The maximum absolute atomic E-state index is 13.0. The fourth-order valence-electron chi connectivity index (χ4n) is 4.68. The van der Waals surface area contributed by atoms with Gasteiger partial charge < -0.3 is 20.7 Å². The van der Waals surface area contributed by atoms with Gasteiger partial charge in [-0.3, -0.25) is 14.4 Å². The van der Waals surface area contributed by atoms with Gasteiger partial charge in [0.2, 0.25) is 5.91 Å². The van der Waals surface area contributed by atoms with Gasteiger partial charge in [-0.15, -0.1) is 0 Å². The van der Waals surface area contributed by atoms with E-state index < -0.39 is 0 Å². The fraction of sp³-hybridized carbons (Fsp3) is 0.391. The maximum Gasteiger partial charge on any atom is 0.269 e. The summed E-state index contributed by atoms with van der Waals surface area (Å²) in [5.74, 6) is -0.0298. The molecule has 1 aliphatic carbocycles. The lowest BCUT2D eigenvalue weighted by atomic mass is 9.90. The number of carbonyl (C=O) groups is 3. The van der Waals surface area contributed by atoms with Gasteiger partial charge in [-0.2, -0.15) is 0 Å². The zero-order valence-corrected chi connectivity index (χ0v) is 17.4. The van der Waals surface area contributed by atoms with Crippen LogP contribution in [0.4, 0.5) is 5.69 Å². The maximum atomic E-state index is 13.0. The highest BCUT2D eigenvalue weighted by Gasteiger charge is 2.54. The first kappa shape index (κ1) is 19.7. The van der Waals surface area contributed by atoms with Gasteiger partial charge in [-0.05, 0) is 29.3 Å². The summed E-state index contributed by atoms with van der Waals surface area (Å²) in [6.07, 6.45) is 0.310. The number of aromatic nitrogens is 1. The number of fused-ring (bicyclic) bond motifs is 2. The number of carbonyl (C=O) groups excluding carboxylic acids is 3. The molecule has 3 aliphatic rings. The average molecular weight is 420 g/mol. The van der Waals surface area contributed by atoms with Crippen molar-refractivity contribution in [2.45, 2.75) is 25.3 Å². The van der Waals surface area contributed by atoms with Crippen molar-refractivity contribution in [3.05, 3.63) is 58.4 Å². The number of benzene rings is 1. The molecule has 31 heavy (non-hydrogen) atoms. The smallest absolute Gasteiger partial charge is 0.269 e. The molecule has 8 nitrogen and oxygen atoms in total. The first-order valence-electron chi connectivity index (χ1n) is 10.5. The Morgan fingerprint density at radius 3 is 2.71 bits per heavy atom. The Labute approximate surface area is 179 Å². The van der Waals surface area contributed by atoms with Crippen LogP contribution in [0.3, 0.4) is 0 Å². The van der Waals surface area contributed by atoms with Gasteiger partial charge in [0, 0.05) is 47.8 Å². The Bertz CT molecular complexity index is 1090. The minimum Gasteiger partial charge on any atom is -0.381 e. The molecule has 160 valence electrons. The Hall–Kier alpha value is -3.26. The standard InChI is InChI=1S/C23H24N4O4/c1-11(13-4-3-5-17-14(13)8-20(28)26-17)18-6-12(7-19(25-18)23(30)24-2)22(29)27-21-15-9-31-10-16(15)21/h3-7,11,15-16,21H,8-10H2,1-2H3,(H,24,30)(H,26,28)(H,27,29)/t11?,15-,16+,21?. The number of anilines is 1.